The van der Waals surface area contributed by atoms with Gasteiger partial charge in [0.2, 0.25) is 0 Å². The number of ketones is 1. The molecule has 1 heterocycles. The van der Waals surface area contributed by atoms with Crippen molar-refractivity contribution in [2.45, 2.75) is 59.4 Å². The molecular formula is C20H31NO3. The van der Waals surface area contributed by atoms with Gasteiger partial charge in [-0.25, -0.2) is 0 Å². The molecule has 1 aromatic carbocycles. The van der Waals surface area contributed by atoms with Crippen molar-refractivity contribution in [3.8, 4) is 5.75 Å². The number of carbonyl (C=O) groups is 1. The third kappa shape index (κ3) is 6.75. The Bertz CT molecular complexity index is 631. The fourth-order valence-electron chi connectivity index (χ4n) is 2.38. The third-order valence-electron chi connectivity index (χ3n) is 3.84. The highest BCUT2D eigenvalue weighted by molar-refractivity contribution is 5.96. The minimum atomic E-state index is -0.0693. The van der Waals surface area contributed by atoms with Crippen LogP contribution in [0.2, 0.25) is 0 Å². The first-order valence-electron chi connectivity index (χ1n) is 8.71. The molecule has 2 aromatic rings. The molecule has 1 aromatic heterocycles. The van der Waals surface area contributed by atoms with Crippen LogP contribution in [0.1, 0.15) is 63.9 Å². The van der Waals surface area contributed by atoms with E-state index in [0.29, 0.717) is 17.4 Å². The maximum atomic E-state index is 11.0. The number of carbonyl (C=O) groups excluding carboxylic acids is 1. The topological polar surface area (TPSA) is 65.5 Å². The molecule has 0 spiro atoms. The summed E-state index contributed by atoms with van der Waals surface area (Å²) in [6.45, 7) is 8.17. The molecule has 0 fully saturated rings. The zero-order valence-corrected chi connectivity index (χ0v) is 15.6. The molecule has 0 aliphatic heterocycles. The number of hydrogen-bond acceptors (Lipinski definition) is 4. The Labute approximate surface area is 145 Å². The van der Waals surface area contributed by atoms with Crippen LogP contribution in [0.25, 0.3) is 11.0 Å². The number of ether oxygens (including phenoxy) is 1. The summed E-state index contributed by atoms with van der Waals surface area (Å²) in [4.78, 5) is 11.0. The van der Waals surface area contributed by atoms with E-state index in [1.54, 1.807) is 25.3 Å². The summed E-state index contributed by atoms with van der Waals surface area (Å²) in [5, 5.41) is 0.884. The third-order valence-corrected chi connectivity index (χ3v) is 3.84. The number of furan rings is 1. The van der Waals surface area contributed by atoms with E-state index < -0.39 is 0 Å². The number of methoxy groups -OCH3 is 1. The minimum absolute atomic E-state index is 0.0693. The zero-order valence-electron chi connectivity index (χ0n) is 15.6. The van der Waals surface area contributed by atoms with Gasteiger partial charge in [-0.1, -0.05) is 27.2 Å². The van der Waals surface area contributed by atoms with E-state index in [9.17, 15) is 4.79 Å². The normalized spacial score (nSPS) is 12.0. The van der Waals surface area contributed by atoms with Gasteiger partial charge in [0.15, 0.2) is 11.5 Å². The maximum absolute atomic E-state index is 11.0. The molecule has 134 valence electrons. The second kappa shape index (κ2) is 10.1. The summed E-state index contributed by atoms with van der Waals surface area (Å²) in [6, 6.07) is 7.61. The molecule has 0 aliphatic rings. The molecule has 4 nitrogen and oxygen atoms in total. The Morgan fingerprint density at radius 1 is 1.21 bits per heavy atom. The van der Waals surface area contributed by atoms with Crippen molar-refractivity contribution < 1.29 is 13.9 Å². The number of Topliss-reactive ketones (excluding diaryl/α,β-unsaturated/α-hetero) is 1. The van der Waals surface area contributed by atoms with Gasteiger partial charge >= 0.3 is 0 Å². The second-order valence-corrected chi connectivity index (χ2v) is 6.59. The lowest BCUT2D eigenvalue weighted by Crippen LogP contribution is -2.19. The van der Waals surface area contributed by atoms with Gasteiger partial charge in [-0.2, -0.15) is 0 Å². The van der Waals surface area contributed by atoms with Gasteiger partial charge < -0.3 is 14.9 Å². The monoisotopic (exact) mass is 333 g/mol. The number of fused-ring (bicyclic) bond motifs is 1. The summed E-state index contributed by atoms with van der Waals surface area (Å²) in [5.74, 6) is 1.88. The van der Waals surface area contributed by atoms with Gasteiger partial charge in [0.25, 0.3) is 0 Å². The van der Waals surface area contributed by atoms with E-state index >= 15 is 0 Å². The molecule has 1 atom stereocenters. The number of benzene rings is 1. The van der Waals surface area contributed by atoms with Gasteiger partial charge in [-0.3, -0.25) is 4.79 Å². The number of nitrogens with two attached hydrogens (primary N) is 1. The Morgan fingerprint density at radius 2 is 1.92 bits per heavy atom. The Hall–Kier alpha value is -1.81. The van der Waals surface area contributed by atoms with E-state index in [2.05, 4.69) is 20.8 Å². The molecule has 2 N–H and O–H groups in total. The minimum Gasteiger partial charge on any atom is -0.497 e. The van der Waals surface area contributed by atoms with Crippen molar-refractivity contribution in [3.05, 3.63) is 30.0 Å². The molecule has 4 heteroatoms. The fraction of sp³-hybridized carbons (Fsp3) is 0.550. The molecule has 0 aliphatic carbocycles. The van der Waals surface area contributed by atoms with E-state index in [1.807, 2.05) is 6.07 Å². The van der Waals surface area contributed by atoms with Crippen LogP contribution >= 0.6 is 0 Å². The molecule has 0 saturated heterocycles. The van der Waals surface area contributed by atoms with Crippen LogP contribution in [0.4, 0.5) is 0 Å². The SMILES string of the molecule is CCCC(N)CCC(C)C.COc1ccc2oc(C(C)=O)cc2c1. The van der Waals surface area contributed by atoms with Crippen molar-refractivity contribution >= 4 is 16.8 Å². The first-order chi connectivity index (χ1) is 11.4. The second-order valence-electron chi connectivity index (χ2n) is 6.59. The van der Waals surface area contributed by atoms with Crippen molar-refractivity contribution in [3.63, 3.8) is 0 Å². The Morgan fingerprint density at radius 3 is 2.46 bits per heavy atom. The van der Waals surface area contributed by atoms with Gasteiger partial charge in [0.1, 0.15) is 11.3 Å². The van der Waals surface area contributed by atoms with Gasteiger partial charge in [-0.15, -0.1) is 0 Å². The predicted molar refractivity (Wildman–Crippen MR) is 99.7 cm³/mol. The summed E-state index contributed by atoms with van der Waals surface area (Å²) in [7, 11) is 1.60. The first kappa shape index (κ1) is 20.2. The Balaban J connectivity index is 0.000000257. The van der Waals surface area contributed by atoms with Crippen molar-refractivity contribution in [2.24, 2.45) is 11.7 Å². The summed E-state index contributed by atoms with van der Waals surface area (Å²) < 4.78 is 10.4. The van der Waals surface area contributed by atoms with Crippen LogP contribution in [0.3, 0.4) is 0 Å². The molecule has 1 unspecified atom stereocenters. The van der Waals surface area contributed by atoms with Crippen LogP contribution in [-0.4, -0.2) is 18.9 Å². The summed E-state index contributed by atoms with van der Waals surface area (Å²) in [5.41, 5.74) is 6.54. The quantitative estimate of drug-likeness (QED) is 0.708. The fourth-order valence-corrected chi connectivity index (χ4v) is 2.38. The van der Waals surface area contributed by atoms with Gasteiger partial charge in [0.05, 0.1) is 7.11 Å². The van der Waals surface area contributed by atoms with Crippen LogP contribution in [0, 0.1) is 5.92 Å². The zero-order chi connectivity index (χ0) is 18.1. The highest BCUT2D eigenvalue weighted by atomic mass is 16.5. The molecule has 0 radical (unpaired) electrons. The number of rotatable bonds is 7. The van der Waals surface area contributed by atoms with Crippen molar-refractivity contribution in [1.82, 2.24) is 0 Å². The molecule has 2 rings (SSSR count). The molecular weight excluding hydrogens is 302 g/mol. The Kier molecular flexibility index (Phi) is 8.55. The highest BCUT2D eigenvalue weighted by Crippen LogP contribution is 2.24. The van der Waals surface area contributed by atoms with Crippen LogP contribution in [0.15, 0.2) is 28.7 Å². The van der Waals surface area contributed by atoms with E-state index in [4.69, 9.17) is 14.9 Å². The summed E-state index contributed by atoms with van der Waals surface area (Å²) >= 11 is 0. The van der Waals surface area contributed by atoms with E-state index in [0.717, 1.165) is 17.1 Å². The lowest BCUT2D eigenvalue weighted by atomic mass is 10.0. The standard InChI is InChI=1S/C11H10O3.C9H21N/c1-7(12)11-6-8-5-9(13-2)3-4-10(8)14-11;1-4-5-9(10)7-6-8(2)3/h3-6H,1-2H3;8-9H,4-7,10H2,1-3H3. The molecule has 0 bridgehead atoms. The van der Waals surface area contributed by atoms with Crippen LogP contribution in [-0.2, 0) is 0 Å². The van der Waals surface area contributed by atoms with Crippen LogP contribution < -0.4 is 10.5 Å². The highest BCUT2D eigenvalue weighted by Gasteiger charge is 2.07. The van der Waals surface area contributed by atoms with Gasteiger partial charge in [0, 0.05) is 18.4 Å². The van der Waals surface area contributed by atoms with E-state index in [1.165, 1.54) is 32.6 Å². The number of hydrogen-bond donors (Lipinski definition) is 1. The maximum Gasteiger partial charge on any atom is 0.194 e. The lowest BCUT2D eigenvalue weighted by molar-refractivity contribution is 0.0989. The lowest BCUT2D eigenvalue weighted by Gasteiger charge is -2.10. The molecule has 0 saturated carbocycles. The van der Waals surface area contributed by atoms with E-state index in [-0.39, 0.29) is 5.78 Å². The smallest absolute Gasteiger partial charge is 0.194 e. The van der Waals surface area contributed by atoms with Crippen molar-refractivity contribution in [1.29, 1.82) is 0 Å². The van der Waals surface area contributed by atoms with Crippen molar-refractivity contribution in [2.75, 3.05) is 7.11 Å². The summed E-state index contributed by atoms with van der Waals surface area (Å²) in [6.07, 6.45) is 4.89. The molecule has 24 heavy (non-hydrogen) atoms. The predicted octanol–water partition coefficient (Wildman–Crippen LogP) is 5.19. The van der Waals surface area contributed by atoms with Gasteiger partial charge in [-0.05, 0) is 49.4 Å². The largest absolute Gasteiger partial charge is 0.497 e. The first-order valence-corrected chi connectivity index (χ1v) is 8.71. The van der Waals surface area contributed by atoms with Crippen LogP contribution in [0.5, 0.6) is 5.75 Å². The average Bonchev–Trinajstić information content (AvgIpc) is 2.97. The average molecular weight is 333 g/mol. The molecule has 0 amide bonds.